The van der Waals surface area contributed by atoms with Crippen molar-refractivity contribution in [3.05, 3.63) is 71.5 Å². The fourth-order valence-electron chi connectivity index (χ4n) is 1.92. The standard InChI is InChI=1S/C15H15FO3S/c16-14-9-5-4-8-13(14)10-20(18,19)11-15(17)12-6-2-1-3-7-12/h1-9,15,17H,10-11H2/t15-/m1/s1. The molecule has 20 heavy (non-hydrogen) atoms. The number of rotatable bonds is 5. The third kappa shape index (κ3) is 3.88. The Hall–Kier alpha value is -1.72. The lowest BCUT2D eigenvalue weighted by Gasteiger charge is -2.12. The van der Waals surface area contributed by atoms with Crippen molar-refractivity contribution in [1.82, 2.24) is 0 Å². The van der Waals surface area contributed by atoms with E-state index in [1.54, 1.807) is 36.4 Å². The summed E-state index contributed by atoms with van der Waals surface area (Å²) >= 11 is 0. The molecule has 5 heteroatoms. The smallest absolute Gasteiger partial charge is 0.157 e. The van der Waals surface area contributed by atoms with Gasteiger partial charge in [0.2, 0.25) is 0 Å². The molecular formula is C15H15FO3S. The van der Waals surface area contributed by atoms with Crippen LogP contribution in [-0.4, -0.2) is 19.3 Å². The summed E-state index contributed by atoms with van der Waals surface area (Å²) in [5.41, 5.74) is 0.650. The molecule has 0 fully saturated rings. The van der Waals surface area contributed by atoms with Crippen molar-refractivity contribution in [2.24, 2.45) is 0 Å². The molecule has 2 aromatic rings. The summed E-state index contributed by atoms with van der Waals surface area (Å²) in [6.45, 7) is 0. The van der Waals surface area contributed by atoms with Gasteiger partial charge in [0.05, 0.1) is 17.6 Å². The molecule has 0 saturated heterocycles. The summed E-state index contributed by atoms with van der Waals surface area (Å²) in [4.78, 5) is 0. The molecule has 0 heterocycles. The van der Waals surface area contributed by atoms with Gasteiger partial charge in [0.1, 0.15) is 5.82 Å². The highest BCUT2D eigenvalue weighted by molar-refractivity contribution is 7.90. The summed E-state index contributed by atoms with van der Waals surface area (Å²) in [6, 6.07) is 14.3. The number of aliphatic hydroxyl groups excluding tert-OH is 1. The van der Waals surface area contributed by atoms with Crippen LogP contribution in [0.5, 0.6) is 0 Å². The number of hydrogen-bond donors (Lipinski definition) is 1. The van der Waals surface area contributed by atoms with Crippen LogP contribution in [-0.2, 0) is 15.6 Å². The highest BCUT2D eigenvalue weighted by Crippen LogP contribution is 2.18. The largest absolute Gasteiger partial charge is 0.387 e. The van der Waals surface area contributed by atoms with Gasteiger partial charge in [0, 0.05) is 5.56 Å². The molecule has 0 aromatic heterocycles. The highest BCUT2D eigenvalue weighted by atomic mass is 32.2. The first-order valence-electron chi connectivity index (χ1n) is 6.15. The summed E-state index contributed by atoms with van der Waals surface area (Å²) in [5, 5.41) is 9.93. The zero-order valence-corrected chi connectivity index (χ0v) is 11.6. The van der Waals surface area contributed by atoms with Gasteiger partial charge in [-0.3, -0.25) is 0 Å². The Morgan fingerprint density at radius 2 is 1.60 bits per heavy atom. The van der Waals surface area contributed by atoms with Crippen molar-refractivity contribution >= 4 is 9.84 Å². The molecule has 0 amide bonds. The van der Waals surface area contributed by atoms with E-state index in [4.69, 9.17) is 0 Å². The zero-order valence-electron chi connectivity index (χ0n) is 10.7. The van der Waals surface area contributed by atoms with Crippen LogP contribution in [0.1, 0.15) is 17.2 Å². The van der Waals surface area contributed by atoms with E-state index in [1.807, 2.05) is 0 Å². The van der Waals surface area contributed by atoms with Crippen molar-refractivity contribution in [1.29, 1.82) is 0 Å². The van der Waals surface area contributed by atoms with Crippen LogP contribution in [0.3, 0.4) is 0 Å². The summed E-state index contributed by atoms with van der Waals surface area (Å²) in [7, 11) is -3.59. The van der Waals surface area contributed by atoms with Crippen molar-refractivity contribution < 1.29 is 17.9 Å². The molecule has 0 aliphatic carbocycles. The van der Waals surface area contributed by atoms with Crippen molar-refractivity contribution in [2.45, 2.75) is 11.9 Å². The predicted molar refractivity (Wildman–Crippen MR) is 75.3 cm³/mol. The van der Waals surface area contributed by atoms with Crippen LogP contribution in [0.25, 0.3) is 0 Å². The van der Waals surface area contributed by atoms with Gasteiger partial charge in [0.15, 0.2) is 9.84 Å². The van der Waals surface area contributed by atoms with Crippen LogP contribution >= 0.6 is 0 Å². The fourth-order valence-corrected chi connectivity index (χ4v) is 3.42. The maximum absolute atomic E-state index is 13.5. The van der Waals surface area contributed by atoms with E-state index < -0.39 is 33.3 Å². The van der Waals surface area contributed by atoms with Gasteiger partial charge < -0.3 is 5.11 Å². The molecule has 0 unspecified atom stereocenters. The van der Waals surface area contributed by atoms with Gasteiger partial charge in [-0.2, -0.15) is 0 Å². The topological polar surface area (TPSA) is 54.4 Å². The molecule has 0 aliphatic heterocycles. The normalized spacial score (nSPS) is 13.1. The first-order chi connectivity index (χ1) is 9.48. The second-order valence-corrected chi connectivity index (χ2v) is 6.68. The lowest BCUT2D eigenvalue weighted by molar-refractivity contribution is 0.201. The molecule has 0 bridgehead atoms. The van der Waals surface area contributed by atoms with Gasteiger partial charge in [-0.25, -0.2) is 12.8 Å². The highest BCUT2D eigenvalue weighted by Gasteiger charge is 2.20. The van der Waals surface area contributed by atoms with E-state index in [-0.39, 0.29) is 5.56 Å². The van der Waals surface area contributed by atoms with Gasteiger partial charge >= 0.3 is 0 Å². The van der Waals surface area contributed by atoms with Gasteiger partial charge in [-0.05, 0) is 11.6 Å². The van der Waals surface area contributed by atoms with Crippen molar-refractivity contribution in [2.75, 3.05) is 5.75 Å². The molecule has 0 radical (unpaired) electrons. The van der Waals surface area contributed by atoms with Crippen LogP contribution < -0.4 is 0 Å². The Kier molecular flexibility index (Phi) is 4.52. The number of halogens is 1. The minimum Gasteiger partial charge on any atom is -0.387 e. The Morgan fingerprint density at radius 1 is 1.00 bits per heavy atom. The summed E-state index contributed by atoms with van der Waals surface area (Å²) in [5.74, 6) is -1.39. The average molecular weight is 294 g/mol. The lowest BCUT2D eigenvalue weighted by atomic mass is 10.1. The maximum Gasteiger partial charge on any atom is 0.157 e. The number of hydrogen-bond acceptors (Lipinski definition) is 3. The monoisotopic (exact) mass is 294 g/mol. The Labute approximate surface area is 117 Å². The first kappa shape index (κ1) is 14.7. The third-order valence-electron chi connectivity index (χ3n) is 2.93. The van der Waals surface area contributed by atoms with E-state index in [2.05, 4.69) is 0 Å². The molecule has 2 rings (SSSR count). The Morgan fingerprint density at radius 3 is 2.25 bits per heavy atom. The number of aliphatic hydroxyl groups is 1. The number of sulfone groups is 1. The van der Waals surface area contributed by atoms with E-state index >= 15 is 0 Å². The van der Waals surface area contributed by atoms with Crippen LogP contribution in [0.15, 0.2) is 54.6 Å². The van der Waals surface area contributed by atoms with Crippen molar-refractivity contribution in [3.8, 4) is 0 Å². The quantitative estimate of drug-likeness (QED) is 0.921. The molecule has 1 atom stereocenters. The Bertz CT molecular complexity index is 669. The summed E-state index contributed by atoms with van der Waals surface area (Å²) in [6.07, 6.45) is -1.10. The molecule has 1 N–H and O–H groups in total. The van der Waals surface area contributed by atoms with Crippen LogP contribution in [0, 0.1) is 5.82 Å². The SMILES string of the molecule is O=S(=O)(Cc1ccccc1F)C[C@@H](O)c1ccccc1. The van der Waals surface area contributed by atoms with Gasteiger partial charge in [0.25, 0.3) is 0 Å². The number of benzene rings is 2. The van der Waals surface area contributed by atoms with E-state index in [1.165, 1.54) is 18.2 Å². The predicted octanol–water partition coefficient (Wildman–Crippen LogP) is 2.47. The van der Waals surface area contributed by atoms with Crippen LogP contribution in [0.2, 0.25) is 0 Å². The second kappa shape index (κ2) is 6.15. The van der Waals surface area contributed by atoms with E-state index in [0.717, 1.165) is 0 Å². The van der Waals surface area contributed by atoms with Crippen LogP contribution in [0.4, 0.5) is 4.39 Å². The molecule has 3 nitrogen and oxygen atoms in total. The molecule has 0 aliphatic rings. The van der Waals surface area contributed by atoms with Gasteiger partial charge in [-0.15, -0.1) is 0 Å². The van der Waals surface area contributed by atoms with E-state index in [0.29, 0.717) is 5.56 Å². The molecular weight excluding hydrogens is 279 g/mol. The molecule has 2 aromatic carbocycles. The zero-order chi connectivity index (χ0) is 14.6. The minimum absolute atomic E-state index is 0.118. The van der Waals surface area contributed by atoms with E-state index in [9.17, 15) is 17.9 Å². The second-order valence-electron chi connectivity index (χ2n) is 4.57. The Balaban J connectivity index is 2.10. The molecule has 0 saturated carbocycles. The molecule has 0 spiro atoms. The lowest BCUT2D eigenvalue weighted by Crippen LogP contribution is -2.17. The first-order valence-corrected chi connectivity index (χ1v) is 7.97. The fraction of sp³-hybridized carbons (Fsp3) is 0.200. The van der Waals surface area contributed by atoms with Crippen molar-refractivity contribution in [3.63, 3.8) is 0 Å². The molecule has 106 valence electrons. The third-order valence-corrected chi connectivity index (χ3v) is 4.50. The summed E-state index contributed by atoms with van der Waals surface area (Å²) < 4.78 is 37.5. The van der Waals surface area contributed by atoms with Gasteiger partial charge in [-0.1, -0.05) is 48.5 Å². The maximum atomic E-state index is 13.5. The average Bonchev–Trinajstić information content (AvgIpc) is 2.41. The minimum atomic E-state index is -3.59.